The van der Waals surface area contributed by atoms with E-state index in [0.717, 1.165) is 11.3 Å². The molecule has 3 atom stereocenters. The molecular formula is C16H16O5. The normalized spacial score (nSPS) is 26.0. The van der Waals surface area contributed by atoms with E-state index in [4.69, 9.17) is 14.2 Å². The zero-order chi connectivity index (χ0) is 15.0. The average molecular weight is 288 g/mol. The minimum Gasteiger partial charge on any atom is -0.493 e. The number of hydrogen-bond acceptors (Lipinski definition) is 5. The van der Waals surface area contributed by atoms with Gasteiger partial charge in [0.15, 0.2) is 0 Å². The quantitative estimate of drug-likeness (QED) is 0.775. The van der Waals surface area contributed by atoms with Gasteiger partial charge in [0.05, 0.1) is 26.7 Å². The number of carbonyl (C=O) groups excluding carboxylic acids is 2. The standard InChI is InChI=1S/C16H16O5/c1-19-15(17)10-7-11(16(18)20-2)14-9-5-3-4-6-13(9)21-8-12(10)14/h3-7,10,12,14H,8H2,1-2H3/t10-,12+,14-/m1/s1. The number of ether oxygens (including phenoxy) is 3. The number of fused-ring (bicyclic) bond motifs is 3. The highest BCUT2D eigenvalue weighted by molar-refractivity contribution is 5.93. The van der Waals surface area contributed by atoms with Crippen molar-refractivity contribution < 1.29 is 23.8 Å². The third-order valence-electron chi connectivity index (χ3n) is 4.16. The van der Waals surface area contributed by atoms with Gasteiger partial charge >= 0.3 is 11.9 Å². The molecule has 0 saturated carbocycles. The molecule has 5 nitrogen and oxygen atoms in total. The van der Waals surface area contributed by atoms with E-state index < -0.39 is 11.9 Å². The van der Waals surface area contributed by atoms with Crippen molar-refractivity contribution in [2.24, 2.45) is 11.8 Å². The molecule has 0 aromatic heterocycles. The van der Waals surface area contributed by atoms with Crippen LogP contribution in [0.3, 0.4) is 0 Å². The molecule has 0 saturated heterocycles. The Bertz CT molecular complexity index is 619. The van der Waals surface area contributed by atoms with Gasteiger partial charge in [-0.15, -0.1) is 0 Å². The summed E-state index contributed by atoms with van der Waals surface area (Å²) in [5.74, 6) is -0.825. The first-order chi connectivity index (χ1) is 10.2. The zero-order valence-electron chi connectivity index (χ0n) is 11.9. The van der Waals surface area contributed by atoms with Crippen molar-refractivity contribution in [1.29, 1.82) is 0 Å². The van der Waals surface area contributed by atoms with Crippen LogP contribution in [0.25, 0.3) is 0 Å². The molecule has 0 spiro atoms. The van der Waals surface area contributed by atoms with Crippen molar-refractivity contribution in [3.63, 3.8) is 0 Å². The van der Waals surface area contributed by atoms with Crippen molar-refractivity contribution in [2.75, 3.05) is 20.8 Å². The first-order valence-electron chi connectivity index (χ1n) is 6.77. The summed E-state index contributed by atoms with van der Waals surface area (Å²) in [6.45, 7) is 0.373. The van der Waals surface area contributed by atoms with Crippen molar-refractivity contribution in [1.82, 2.24) is 0 Å². The molecule has 21 heavy (non-hydrogen) atoms. The molecular weight excluding hydrogens is 272 g/mol. The monoisotopic (exact) mass is 288 g/mol. The van der Waals surface area contributed by atoms with E-state index in [2.05, 4.69) is 0 Å². The lowest BCUT2D eigenvalue weighted by Gasteiger charge is -2.32. The Morgan fingerprint density at radius 2 is 1.95 bits per heavy atom. The Labute approximate surface area is 122 Å². The summed E-state index contributed by atoms with van der Waals surface area (Å²) in [7, 11) is 2.69. The molecule has 110 valence electrons. The summed E-state index contributed by atoms with van der Waals surface area (Å²) >= 11 is 0. The van der Waals surface area contributed by atoms with Gasteiger partial charge in [-0.1, -0.05) is 24.3 Å². The fourth-order valence-electron chi connectivity index (χ4n) is 3.20. The van der Waals surface area contributed by atoms with Crippen molar-refractivity contribution in [3.8, 4) is 5.75 Å². The number of carbonyl (C=O) groups is 2. The third kappa shape index (κ3) is 2.09. The highest BCUT2D eigenvalue weighted by Crippen LogP contribution is 2.49. The van der Waals surface area contributed by atoms with Crippen molar-refractivity contribution in [2.45, 2.75) is 5.92 Å². The predicted octanol–water partition coefficient (Wildman–Crippen LogP) is 1.68. The first kappa shape index (κ1) is 13.7. The highest BCUT2D eigenvalue weighted by Gasteiger charge is 2.48. The van der Waals surface area contributed by atoms with E-state index in [-0.39, 0.29) is 17.8 Å². The maximum absolute atomic E-state index is 12.1. The topological polar surface area (TPSA) is 61.8 Å². The van der Waals surface area contributed by atoms with Crippen LogP contribution in [0.5, 0.6) is 5.75 Å². The fraction of sp³-hybridized carbons (Fsp3) is 0.375. The molecule has 3 rings (SSSR count). The molecule has 0 fully saturated rings. The largest absolute Gasteiger partial charge is 0.493 e. The van der Waals surface area contributed by atoms with Crippen LogP contribution in [0.1, 0.15) is 11.5 Å². The van der Waals surface area contributed by atoms with Gasteiger partial charge in [-0.3, -0.25) is 4.79 Å². The Kier molecular flexibility index (Phi) is 3.41. The van der Waals surface area contributed by atoms with Crippen molar-refractivity contribution in [3.05, 3.63) is 41.5 Å². The number of methoxy groups -OCH3 is 2. The van der Waals surface area contributed by atoms with Gasteiger partial charge in [-0.25, -0.2) is 4.79 Å². The molecule has 0 radical (unpaired) electrons. The lowest BCUT2D eigenvalue weighted by molar-refractivity contribution is -0.145. The van der Waals surface area contributed by atoms with E-state index >= 15 is 0 Å². The number of benzene rings is 1. The maximum Gasteiger partial charge on any atom is 0.334 e. The highest BCUT2D eigenvalue weighted by atomic mass is 16.5. The Morgan fingerprint density at radius 1 is 1.19 bits per heavy atom. The van der Waals surface area contributed by atoms with Crippen LogP contribution in [0.2, 0.25) is 0 Å². The molecule has 0 amide bonds. The van der Waals surface area contributed by atoms with Gasteiger partial charge in [0.25, 0.3) is 0 Å². The lowest BCUT2D eigenvalue weighted by Crippen LogP contribution is -2.32. The van der Waals surface area contributed by atoms with E-state index in [9.17, 15) is 9.59 Å². The predicted molar refractivity (Wildman–Crippen MR) is 73.8 cm³/mol. The van der Waals surface area contributed by atoms with Gasteiger partial charge < -0.3 is 14.2 Å². The van der Waals surface area contributed by atoms with Gasteiger partial charge in [-0.05, 0) is 6.07 Å². The molecule has 1 aliphatic carbocycles. The Morgan fingerprint density at radius 3 is 2.67 bits per heavy atom. The van der Waals surface area contributed by atoms with Gasteiger partial charge in [0.2, 0.25) is 0 Å². The number of para-hydroxylation sites is 1. The van der Waals surface area contributed by atoms with Gasteiger partial charge in [-0.2, -0.15) is 0 Å². The summed E-state index contributed by atoms with van der Waals surface area (Å²) in [6.07, 6.45) is 1.67. The van der Waals surface area contributed by atoms with Crippen LogP contribution in [0, 0.1) is 11.8 Å². The second kappa shape index (κ2) is 5.24. The minimum atomic E-state index is -0.484. The molecule has 1 aromatic carbocycles. The minimum absolute atomic E-state index is 0.138. The van der Waals surface area contributed by atoms with Crippen LogP contribution in [-0.2, 0) is 19.1 Å². The van der Waals surface area contributed by atoms with Crippen LogP contribution < -0.4 is 4.74 Å². The average Bonchev–Trinajstić information content (AvgIpc) is 2.93. The zero-order valence-corrected chi connectivity index (χ0v) is 11.9. The summed E-state index contributed by atoms with van der Waals surface area (Å²) in [5, 5.41) is 0. The van der Waals surface area contributed by atoms with Crippen molar-refractivity contribution >= 4 is 11.9 Å². The smallest absolute Gasteiger partial charge is 0.334 e. The van der Waals surface area contributed by atoms with E-state index in [1.807, 2.05) is 24.3 Å². The van der Waals surface area contributed by atoms with E-state index in [0.29, 0.717) is 12.2 Å². The van der Waals surface area contributed by atoms with Crippen LogP contribution in [0.15, 0.2) is 35.9 Å². The molecule has 0 unspecified atom stereocenters. The van der Waals surface area contributed by atoms with Crippen LogP contribution in [0.4, 0.5) is 0 Å². The second-order valence-corrected chi connectivity index (χ2v) is 5.15. The first-order valence-corrected chi connectivity index (χ1v) is 6.77. The van der Waals surface area contributed by atoms with E-state index in [1.54, 1.807) is 6.08 Å². The summed E-state index contributed by atoms with van der Waals surface area (Å²) < 4.78 is 15.4. The lowest BCUT2D eigenvalue weighted by atomic mass is 9.79. The summed E-state index contributed by atoms with van der Waals surface area (Å²) in [4.78, 5) is 24.0. The number of rotatable bonds is 2. The van der Waals surface area contributed by atoms with Crippen LogP contribution in [-0.4, -0.2) is 32.8 Å². The van der Waals surface area contributed by atoms with Gasteiger partial charge in [0.1, 0.15) is 5.75 Å². The molecule has 2 aliphatic rings. The molecule has 0 N–H and O–H groups in total. The molecule has 1 aromatic rings. The molecule has 1 heterocycles. The van der Waals surface area contributed by atoms with Crippen LogP contribution >= 0.6 is 0 Å². The van der Waals surface area contributed by atoms with E-state index in [1.165, 1.54) is 14.2 Å². The summed E-state index contributed by atoms with van der Waals surface area (Å²) in [5.41, 5.74) is 1.42. The number of esters is 2. The second-order valence-electron chi connectivity index (χ2n) is 5.15. The third-order valence-corrected chi connectivity index (χ3v) is 4.16. The molecule has 1 aliphatic heterocycles. The fourth-order valence-corrected chi connectivity index (χ4v) is 3.20. The molecule has 0 bridgehead atoms. The maximum atomic E-state index is 12.1. The Balaban J connectivity index is 2.07. The van der Waals surface area contributed by atoms with Gasteiger partial charge in [0, 0.05) is 23.0 Å². The SMILES string of the molecule is COC(=O)C1=C[C@@H](C(=O)OC)[C@@H]2COc3ccccc3[C@H]12. The molecule has 5 heteroatoms. The summed E-state index contributed by atoms with van der Waals surface area (Å²) in [6, 6.07) is 7.56. The Hall–Kier alpha value is -2.30. The number of hydrogen-bond donors (Lipinski definition) is 0.